The molecular weight excluding hydrogens is 410 g/mol. The zero-order valence-corrected chi connectivity index (χ0v) is 11.2. The largest absolute Gasteiger partial charge is 0.434 e. The fourth-order valence-electron chi connectivity index (χ4n) is 1.38. The van der Waals surface area contributed by atoms with Gasteiger partial charge < -0.3 is 0 Å². The SMILES string of the molecule is FC=C(Cl)C(F)C(F)(F)C(F)(C(F)(F)F)C(F)(F)C(F)C(F)(F)F. The first-order valence-corrected chi connectivity index (χ1v) is 5.49. The third kappa shape index (κ3) is 3.38. The molecule has 0 saturated heterocycles. The summed E-state index contributed by atoms with van der Waals surface area (Å²) < 4.78 is 176. The summed E-state index contributed by atoms with van der Waals surface area (Å²) in [6.07, 6.45) is -27.0. The van der Waals surface area contributed by atoms with Crippen LogP contribution in [0.25, 0.3) is 0 Å². The molecule has 0 spiro atoms. The van der Waals surface area contributed by atoms with E-state index >= 15 is 0 Å². The second kappa shape index (κ2) is 6.41. The van der Waals surface area contributed by atoms with Crippen molar-refractivity contribution >= 4 is 11.6 Å². The van der Waals surface area contributed by atoms with Gasteiger partial charge in [0, 0.05) is 0 Å². The van der Waals surface area contributed by atoms with Crippen LogP contribution in [0, 0.1) is 0 Å². The van der Waals surface area contributed by atoms with E-state index in [1.54, 1.807) is 0 Å². The topological polar surface area (TPSA) is 0 Å². The van der Waals surface area contributed by atoms with Crippen molar-refractivity contribution < 1.29 is 61.5 Å². The Morgan fingerprint density at radius 1 is 0.750 bits per heavy atom. The fourth-order valence-corrected chi connectivity index (χ4v) is 1.52. The minimum absolute atomic E-state index is 1.38. The van der Waals surface area contributed by atoms with Gasteiger partial charge in [0.1, 0.15) is 6.33 Å². The average molecular weight is 413 g/mol. The van der Waals surface area contributed by atoms with Crippen LogP contribution in [0.3, 0.4) is 0 Å². The summed E-state index contributed by atoms with van der Waals surface area (Å²) in [7, 11) is 0. The minimum Gasteiger partial charge on any atom is -0.234 e. The molecule has 0 nitrogen and oxygen atoms in total. The second-order valence-corrected chi connectivity index (χ2v) is 4.60. The van der Waals surface area contributed by atoms with Gasteiger partial charge in [-0.1, -0.05) is 11.6 Å². The molecule has 3 atom stereocenters. The Balaban J connectivity index is 6.59. The minimum atomic E-state index is -7.72. The molecule has 0 amide bonds. The van der Waals surface area contributed by atoms with Gasteiger partial charge in [-0.25, -0.2) is 17.6 Å². The molecule has 0 aromatic heterocycles. The molecule has 0 N–H and O–H groups in total. The molecule has 0 bridgehead atoms. The lowest BCUT2D eigenvalue weighted by molar-refractivity contribution is -0.398. The van der Waals surface area contributed by atoms with Crippen LogP contribution >= 0.6 is 11.6 Å². The lowest BCUT2D eigenvalue weighted by Gasteiger charge is -2.42. The summed E-state index contributed by atoms with van der Waals surface area (Å²) in [5.41, 5.74) is -7.72. The Morgan fingerprint density at radius 2 is 1.12 bits per heavy atom. The summed E-state index contributed by atoms with van der Waals surface area (Å²) in [6, 6.07) is 0. The summed E-state index contributed by atoms with van der Waals surface area (Å²) in [4.78, 5) is 0. The van der Waals surface area contributed by atoms with Gasteiger partial charge in [-0.3, -0.25) is 0 Å². The summed E-state index contributed by atoms with van der Waals surface area (Å²) >= 11 is 4.31. The van der Waals surface area contributed by atoms with Crippen LogP contribution in [0.2, 0.25) is 0 Å². The number of rotatable bonds is 5. The Morgan fingerprint density at radius 3 is 1.38 bits per heavy atom. The highest BCUT2D eigenvalue weighted by Crippen LogP contribution is 2.59. The molecule has 0 aliphatic carbocycles. The van der Waals surface area contributed by atoms with E-state index < -0.39 is 53.6 Å². The third-order valence-corrected chi connectivity index (χ3v) is 2.85. The monoisotopic (exact) mass is 412 g/mol. The number of halogens is 15. The number of hydrogen-bond acceptors (Lipinski definition) is 0. The van der Waals surface area contributed by atoms with E-state index in [0.717, 1.165) is 0 Å². The maximum Gasteiger partial charge on any atom is 0.434 e. The first-order chi connectivity index (χ1) is 10.3. The van der Waals surface area contributed by atoms with Gasteiger partial charge in [-0.2, -0.15) is 43.9 Å². The quantitative estimate of drug-likeness (QED) is 0.500. The van der Waals surface area contributed by atoms with Crippen LogP contribution in [-0.4, -0.2) is 42.2 Å². The van der Waals surface area contributed by atoms with Crippen molar-refractivity contribution in [1.29, 1.82) is 0 Å². The van der Waals surface area contributed by atoms with Crippen LogP contribution in [-0.2, 0) is 0 Å². The average Bonchev–Trinajstić information content (AvgIpc) is 2.40. The highest BCUT2D eigenvalue weighted by molar-refractivity contribution is 6.30. The van der Waals surface area contributed by atoms with E-state index in [4.69, 9.17) is 0 Å². The first kappa shape index (κ1) is 23.1. The van der Waals surface area contributed by atoms with Gasteiger partial charge in [0.25, 0.3) is 6.17 Å². The zero-order valence-electron chi connectivity index (χ0n) is 10.4. The van der Waals surface area contributed by atoms with Crippen molar-refractivity contribution in [3.8, 4) is 0 Å². The molecule has 0 aromatic carbocycles. The van der Waals surface area contributed by atoms with E-state index in [-0.39, 0.29) is 0 Å². The van der Waals surface area contributed by atoms with Crippen LogP contribution in [0.1, 0.15) is 0 Å². The van der Waals surface area contributed by atoms with Crippen molar-refractivity contribution in [3.63, 3.8) is 0 Å². The molecule has 0 aromatic rings. The van der Waals surface area contributed by atoms with E-state index in [2.05, 4.69) is 11.6 Å². The van der Waals surface area contributed by atoms with Crippen molar-refractivity contribution in [2.75, 3.05) is 0 Å². The van der Waals surface area contributed by atoms with Crippen molar-refractivity contribution in [1.82, 2.24) is 0 Å². The Kier molecular flexibility index (Phi) is 6.15. The summed E-state index contributed by atoms with van der Waals surface area (Å²) in [6.45, 7) is 0. The lowest BCUT2D eigenvalue weighted by Crippen LogP contribution is -2.72. The predicted octanol–water partition coefficient (Wildman–Crippen LogP) is 5.82. The van der Waals surface area contributed by atoms with Gasteiger partial charge in [0.05, 0.1) is 5.03 Å². The van der Waals surface area contributed by atoms with E-state index in [9.17, 15) is 61.5 Å². The van der Waals surface area contributed by atoms with Crippen molar-refractivity contribution in [2.24, 2.45) is 0 Å². The molecule has 3 unspecified atom stereocenters. The molecular formula is C9H3ClF14. The molecule has 0 fully saturated rings. The molecule has 0 radical (unpaired) electrons. The van der Waals surface area contributed by atoms with Crippen molar-refractivity contribution in [3.05, 3.63) is 11.4 Å². The van der Waals surface area contributed by atoms with E-state index in [1.165, 1.54) is 0 Å². The Labute approximate surface area is 128 Å². The third-order valence-electron chi connectivity index (χ3n) is 2.58. The number of hydrogen-bond donors (Lipinski definition) is 0. The van der Waals surface area contributed by atoms with Crippen LogP contribution in [0.15, 0.2) is 11.4 Å². The highest BCUT2D eigenvalue weighted by atomic mass is 35.5. The van der Waals surface area contributed by atoms with Gasteiger partial charge in [-0.05, 0) is 0 Å². The van der Waals surface area contributed by atoms with Gasteiger partial charge in [0.2, 0.25) is 6.17 Å². The molecule has 0 rings (SSSR count). The predicted molar refractivity (Wildman–Crippen MR) is 50.7 cm³/mol. The maximum atomic E-state index is 13.6. The van der Waals surface area contributed by atoms with Gasteiger partial charge >= 0.3 is 29.9 Å². The van der Waals surface area contributed by atoms with E-state index in [1.807, 2.05) is 0 Å². The smallest absolute Gasteiger partial charge is 0.234 e. The first-order valence-electron chi connectivity index (χ1n) is 5.12. The Bertz CT molecular complexity index is 476. The van der Waals surface area contributed by atoms with Crippen molar-refractivity contribution in [2.45, 2.75) is 42.2 Å². The van der Waals surface area contributed by atoms with Gasteiger partial charge in [0.15, 0.2) is 0 Å². The summed E-state index contributed by atoms with van der Waals surface area (Å²) in [5, 5.41) is -2.58. The van der Waals surface area contributed by atoms with Crippen LogP contribution in [0.5, 0.6) is 0 Å². The van der Waals surface area contributed by atoms with Crippen LogP contribution in [0.4, 0.5) is 61.5 Å². The fraction of sp³-hybridized carbons (Fsp3) is 0.778. The number of alkyl halides is 13. The molecule has 0 heterocycles. The number of allylic oxidation sites excluding steroid dienone is 1. The Hall–Kier alpha value is -0.950. The van der Waals surface area contributed by atoms with Gasteiger partial charge in [-0.15, -0.1) is 0 Å². The molecule has 144 valence electrons. The maximum absolute atomic E-state index is 13.6. The zero-order chi connectivity index (χ0) is 19.9. The normalized spacial score (nSPS) is 20.5. The van der Waals surface area contributed by atoms with Crippen LogP contribution < -0.4 is 0 Å². The lowest BCUT2D eigenvalue weighted by atomic mass is 9.83. The van der Waals surface area contributed by atoms with E-state index in [0.29, 0.717) is 0 Å². The molecule has 0 aliphatic rings. The standard InChI is InChI=1S/C9H3ClF14/c10-2(1-11)3(12)5(14,15)8(21,9(22,23)24)6(16,17)4(13)7(18,19)20/h1,3-4H. The second-order valence-electron chi connectivity index (χ2n) is 4.16. The highest BCUT2D eigenvalue weighted by Gasteiger charge is 2.88. The molecule has 0 aliphatic heterocycles. The molecule has 24 heavy (non-hydrogen) atoms. The molecule has 0 saturated carbocycles. The summed E-state index contributed by atoms with van der Waals surface area (Å²) in [5.74, 6) is -14.7. The molecule has 15 heteroatoms.